The molecule has 0 unspecified atom stereocenters. The van der Waals surface area contributed by atoms with Crippen molar-refractivity contribution in [1.29, 1.82) is 0 Å². The van der Waals surface area contributed by atoms with Crippen molar-refractivity contribution < 1.29 is 14.3 Å². The fraction of sp³-hybridized carbons (Fsp3) is 0.321. The van der Waals surface area contributed by atoms with Gasteiger partial charge in [0.05, 0.1) is 18.6 Å². The minimum absolute atomic E-state index is 0.0648. The molecule has 0 bridgehead atoms. The van der Waals surface area contributed by atoms with Gasteiger partial charge in [-0.05, 0) is 37.6 Å². The standard InChI is InChI=1S/C28H32N8O3/c1-18-7-8-21(16-24(18)32-28(38)31-22-6-4-5-20(15-22)19(2)37)25-23-17-30-27(33-26(23)35(3)34-25)29-9-10-36-11-13-39-14-12-36/h4-8,15-17H,9-14H2,1-3H3,(H,29,30,33)(H2,31,32,38). The van der Waals surface area contributed by atoms with Crippen LogP contribution in [0.15, 0.2) is 48.7 Å². The number of rotatable bonds is 8. The van der Waals surface area contributed by atoms with Crippen LogP contribution >= 0.6 is 0 Å². The van der Waals surface area contributed by atoms with Crippen LogP contribution in [-0.4, -0.2) is 75.9 Å². The van der Waals surface area contributed by atoms with Gasteiger partial charge in [0.15, 0.2) is 11.4 Å². The average Bonchev–Trinajstić information content (AvgIpc) is 3.26. The van der Waals surface area contributed by atoms with Crippen molar-refractivity contribution in [2.75, 3.05) is 55.3 Å². The first-order valence-electron chi connectivity index (χ1n) is 12.9. The minimum Gasteiger partial charge on any atom is -0.379 e. The van der Waals surface area contributed by atoms with Crippen LogP contribution < -0.4 is 16.0 Å². The number of morpholine rings is 1. The van der Waals surface area contributed by atoms with Crippen LogP contribution in [0.3, 0.4) is 0 Å². The fourth-order valence-electron chi connectivity index (χ4n) is 4.49. The Morgan fingerprint density at radius 3 is 2.69 bits per heavy atom. The van der Waals surface area contributed by atoms with Gasteiger partial charge in [-0.15, -0.1) is 0 Å². The molecule has 1 saturated heterocycles. The zero-order chi connectivity index (χ0) is 27.4. The quantitative estimate of drug-likeness (QED) is 0.294. The van der Waals surface area contributed by atoms with Crippen molar-refractivity contribution in [3.63, 3.8) is 0 Å². The zero-order valence-electron chi connectivity index (χ0n) is 22.3. The summed E-state index contributed by atoms with van der Waals surface area (Å²) >= 11 is 0. The van der Waals surface area contributed by atoms with E-state index in [9.17, 15) is 9.59 Å². The number of aryl methyl sites for hydroxylation is 2. The summed E-state index contributed by atoms with van der Waals surface area (Å²) in [7, 11) is 1.85. The van der Waals surface area contributed by atoms with E-state index >= 15 is 0 Å². The SMILES string of the molecule is CC(=O)c1cccc(NC(=O)Nc2cc(-c3nn(C)c4nc(NCCN5CCOCC5)ncc34)ccc2C)c1. The first-order valence-corrected chi connectivity index (χ1v) is 12.9. The molecule has 4 aromatic rings. The second-order valence-electron chi connectivity index (χ2n) is 9.53. The number of amides is 2. The number of urea groups is 1. The Hall–Kier alpha value is -4.35. The first-order chi connectivity index (χ1) is 18.9. The van der Waals surface area contributed by atoms with Gasteiger partial charge in [0.2, 0.25) is 5.95 Å². The number of benzene rings is 2. The summed E-state index contributed by atoms with van der Waals surface area (Å²) in [6.45, 7) is 8.48. The highest BCUT2D eigenvalue weighted by atomic mass is 16.5. The van der Waals surface area contributed by atoms with Gasteiger partial charge in [-0.25, -0.2) is 14.5 Å². The van der Waals surface area contributed by atoms with Crippen LogP contribution in [0.4, 0.5) is 22.1 Å². The van der Waals surface area contributed by atoms with Gasteiger partial charge in [-0.1, -0.05) is 24.3 Å². The lowest BCUT2D eigenvalue weighted by Gasteiger charge is -2.26. The number of hydrogen-bond donors (Lipinski definition) is 3. The Balaban J connectivity index is 1.30. The third-order valence-corrected chi connectivity index (χ3v) is 6.68. The number of fused-ring (bicyclic) bond motifs is 1. The Kier molecular flexibility index (Phi) is 7.80. The van der Waals surface area contributed by atoms with Gasteiger partial charge in [0.25, 0.3) is 0 Å². The number of nitrogens with one attached hydrogen (secondary N) is 3. The highest BCUT2D eigenvalue weighted by Crippen LogP contribution is 2.30. The van der Waals surface area contributed by atoms with Gasteiger partial charge in [-0.2, -0.15) is 10.1 Å². The predicted octanol–water partition coefficient (Wildman–Crippen LogP) is 3.93. The molecule has 1 aliphatic rings. The fourth-order valence-corrected chi connectivity index (χ4v) is 4.49. The van der Waals surface area contributed by atoms with Crippen molar-refractivity contribution in [1.82, 2.24) is 24.6 Å². The number of carbonyl (C=O) groups is 2. The summed E-state index contributed by atoms with van der Waals surface area (Å²) in [6.07, 6.45) is 1.78. The van der Waals surface area contributed by atoms with Crippen molar-refractivity contribution in [2.45, 2.75) is 13.8 Å². The summed E-state index contributed by atoms with van der Waals surface area (Å²) < 4.78 is 7.14. The summed E-state index contributed by atoms with van der Waals surface area (Å²) in [5.74, 6) is 0.493. The van der Waals surface area contributed by atoms with E-state index in [1.165, 1.54) is 6.92 Å². The van der Waals surface area contributed by atoms with Gasteiger partial charge < -0.3 is 20.7 Å². The molecule has 11 nitrogen and oxygen atoms in total. The Bertz CT molecular complexity index is 1510. The molecule has 2 amide bonds. The van der Waals surface area contributed by atoms with Crippen LogP contribution in [0, 0.1) is 6.92 Å². The second-order valence-corrected chi connectivity index (χ2v) is 9.53. The largest absolute Gasteiger partial charge is 0.379 e. The summed E-state index contributed by atoms with van der Waals surface area (Å²) in [5, 5.41) is 14.5. The smallest absolute Gasteiger partial charge is 0.323 e. The number of nitrogens with zero attached hydrogens (tertiary/aromatic N) is 5. The maximum atomic E-state index is 12.7. The van der Waals surface area contributed by atoms with Crippen LogP contribution in [0.2, 0.25) is 0 Å². The third kappa shape index (κ3) is 6.21. The van der Waals surface area contributed by atoms with E-state index in [1.807, 2.05) is 32.2 Å². The molecule has 3 heterocycles. The molecule has 5 rings (SSSR count). The van der Waals surface area contributed by atoms with Crippen LogP contribution in [0.1, 0.15) is 22.8 Å². The number of aromatic nitrogens is 4. The van der Waals surface area contributed by atoms with Crippen LogP contribution in [0.25, 0.3) is 22.3 Å². The number of anilines is 3. The average molecular weight is 529 g/mol. The van der Waals surface area contributed by atoms with E-state index in [1.54, 1.807) is 35.1 Å². The zero-order valence-corrected chi connectivity index (χ0v) is 22.3. The molecule has 11 heteroatoms. The molecule has 1 aliphatic heterocycles. The predicted molar refractivity (Wildman–Crippen MR) is 151 cm³/mol. The molecule has 0 atom stereocenters. The molecule has 39 heavy (non-hydrogen) atoms. The minimum atomic E-state index is -0.405. The lowest BCUT2D eigenvalue weighted by Crippen LogP contribution is -2.39. The summed E-state index contributed by atoms with van der Waals surface area (Å²) in [4.78, 5) is 36.0. The highest BCUT2D eigenvalue weighted by molar-refractivity contribution is 6.02. The van der Waals surface area contributed by atoms with Gasteiger partial charge in [-0.3, -0.25) is 9.69 Å². The monoisotopic (exact) mass is 528 g/mol. The van der Waals surface area contributed by atoms with E-state index in [0.29, 0.717) is 28.5 Å². The van der Waals surface area contributed by atoms with Gasteiger partial charge in [0, 0.05) is 61.9 Å². The molecular formula is C28H32N8O3. The van der Waals surface area contributed by atoms with E-state index < -0.39 is 6.03 Å². The third-order valence-electron chi connectivity index (χ3n) is 6.68. The number of hydrogen-bond acceptors (Lipinski definition) is 8. The maximum Gasteiger partial charge on any atom is 0.323 e. The van der Waals surface area contributed by atoms with E-state index in [0.717, 1.165) is 61.6 Å². The summed E-state index contributed by atoms with van der Waals surface area (Å²) in [6, 6.07) is 12.2. The normalized spacial score (nSPS) is 13.8. The lowest BCUT2D eigenvalue weighted by molar-refractivity contribution is 0.0398. The maximum absolute atomic E-state index is 12.7. The number of ketones is 1. The molecular weight excluding hydrogens is 496 g/mol. The van der Waals surface area contributed by atoms with Crippen molar-refractivity contribution >= 4 is 40.2 Å². The number of carbonyl (C=O) groups excluding carboxylic acids is 2. The van der Waals surface area contributed by atoms with Gasteiger partial charge in [0.1, 0.15) is 5.69 Å². The Morgan fingerprint density at radius 2 is 1.90 bits per heavy atom. The van der Waals surface area contributed by atoms with Crippen molar-refractivity contribution in [3.8, 4) is 11.3 Å². The highest BCUT2D eigenvalue weighted by Gasteiger charge is 2.16. The first kappa shape index (κ1) is 26.3. The lowest BCUT2D eigenvalue weighted by atomic mass is 10.1. The van der Waals surface area contributed by atoms with E-state index in [4.69, 9.17) is 9.84 Å². The molecule has 0 spiro atoms. The molecule has 0 radical (unpaired) electrons. The molecule has 2 aromatic heterocycles. The van der Waals surface area contributed by atoms with Gasteiger partial charge >= 0.3 is 6.03 Å². The molecule has 2 aromatic carbocycles. The van der Waals surface area contributed by atoms with Crippen LogP contribution in [0.5, 0.6) is 0 Å². The number of ether oxygens (including phenoxy) is 1. The second kappa shape index (κ2) is 11.6. The van der Waals surface area contributed by atoms with Crippen molar-refractivity contribution in [2.24, 2.45) is 7.05 Å². The summed E-state index contributed by atoms with van der Waals surface area (Å²) in [5.41, 5.74) is 4.89. The Labute approximate surface area is 226 Å². The van der Waals surface area contributed by atoms with Crippen LogP contribution in [-0.2, 0) is 11.8 Å². The van der Waals surface area contributed by atoms with E-state index in [-0.39, 0.29) is 5.78 Å². The Morgan fingerprint density at radius 1 is 1.08 bits per heavy atom. The molecule has 1 fully saturated rings. The van der Waals surface area contributed by atoms with E-state index in [2.05, 4.69) is 30.8 Å². The molecule has 0 saturated carbocycles. The van der Waals surface area contributed by atoms with Crippen molar-refractivity contribution in [3.05, 3.63) is 59.8 Å². The molecule has 3 N–H and O–H groups in total. The number of Topliss-reactive ketones (excluding diaryl/α,β-unsaturated/α-hetero) is 1. The molecule has 202 valence electrons. The topological polar surface area (TPSA) is 126 Å². The molecule has 0 aliphatic carbocycles.